The van der Waals surface area contributed by atoms with Gasteiger partial charge in [0.1, 0.15) is 17.4 Å². The molecule has 1 amide bonds. The Morgan fingerprint density at radius 3 is 2.78 bits per heavy atom. The van der Waals surface area contributed by atoms with Crippen LogP contribution in [0.15, 0.2) is 46.9 Å². The lowest BCUT2D eigenvalue weighted by molar-refractivity contribution is -0.134. The lowest BCUT2D eigenvalue weighted by Gasteiger charge is -2.31. The molecule has 1 aliphatic heterocycles. The van der Waals surface area contributed by atoms with E-state index in [2.05, 4.69) is 25.9 Å². The summed E-state index contributed by atoms with van der Waals surface area (Å²) in [6, 6.07) is 12.1. The number of aromatic nitrogens is 2. The number of nitrogens with zero attached hydrogens (tertiary/aromatic N) is 2. The first kappa shape index (κ1) is 18.0. The number of amides is 1. The summed E-state index contributed by atoms with van der Waals surface area (Å²) < 4.78 is 19.1. The number of benzene rings is 2. The molecule has 140 valence electrons. The van der Waals surface area contributed by atoms with Crippen molar-refractivity contribution in [2.24, 2.45) is 0 Å². The normalized spacial score (nSPS) is 15.3. The van der Waals surface area contributed by atoms with Gasteiger partial charge in [0.2, 0.25) is 0 Å². The van der Waals surface area contributed by atoms with Crippen LogP contribution in [-0.4, -0.2) is 40.5 Å². The number of nitrogens with one attached hydrogen (secondary N) is 1. The number of hydrogen-bond acceptors (Lipinski definition) is 3. The zero-order valence-corrected chi connectivity index (χ0v) is 16.2. The molecule has 2 heterocycles. The van der Waals surface area contributed by atoms with Crippen molar-refractivity contribution >= 4 is 32.9 Å². The summed E-state index contributed by atoms with van der Waals surface area (Å²) in [6.07, 6.45) is 1.73. The van der Waals surface area contributed by atoms with Crippen LogP contribution in [0.1, 0.15) is 24.6 Å². The Kier molecular flexibility index (Phi) is 5.11. The third-order valence-electron chi connectivity index (χ3n) is 4.89. The highest BCUT2D eigenvalue weighted by Crippen LogP contribution is 2.28. The van der Waals surface area contributed by atoms with Crippen molar-refractivity contribution in [3.63, 3.8) is 0 Å². The average Bonchev–Trinajstić information content (AvgIpc) is 3.11. The van der Waals surface area contributed by atoms with Gasteiger partial charge in [-0.2, -0.15) is 0 Å². The molecular formula is C20H19BrFN3O2. The first-order valence-electron chi connectivity index (χ1n) is 8.90. The van der Waals surface area contributed by atoms with Gasteiger partial charge in [-0.05, 0) is 59.1 Å². The molecule has 1 N–H and O–H groups in total. The Bertz CT molecular complexity index is 934. The van der Waals surface area contributed by atoms with E-state index in [1.54, 1.807) is 0 Å². The van der Waals surface area contributed by atoms with Gasteiger partial charge in [-0.25, -0.2) is 9.37 Å². The van der Waals surface area contributed by atoms with Crippen molar-refractivity contribution in [1.29, 1.82) is 0 Å². The van der Waals surface area contributed by atoms with E-state index < -0.39 is 0 Å². The van der Waals surface area contributed by atoms with Gasteiger partial charge in [-0.3, -0.25) is 4.79 Å². The minimum absolute atomic E-state index is 0.0560. The van der Waals surface area contributed by atoms with Crippen molar-refractivity contribution in [3.8, 4) is 5.75 Å². The van der Waals surface area contributed by atoms with E-state index in [4.69, 9.17) is 4.74 Å². The van der Waals surface area contributed by atoms with Gasteiger partial charge in [-0.1, -0.05) is 12.1 Å². The maximum atomic E-state index is 13.1. The summed E-state index contributed by atoms with van der Waals surface area (Å²) in [5.74, 6) is 1.37. The van der Waals surface area contributed by atoms with E-state index in [1.165, 1.54) is 18.2 Å². The predicted molar refractivity (Wildman–Crippen MR) is 104 cm³/mol. The van der Waals surface area contributed by atoms with E-state index in [9.17, 15) is 9.18 Å². The largest absolute Gasteiger partial charge is 0.483 e. The molecule has 5 nitrogen and oxygen atoms in total. The third-order valence-corrected chi connectivity index (χ3v) is 5.51. The number of para-hydroxylation sites is 2. The number of halogens is 2. The maximum absolute atomic E-state index is 13.1. The highest BCUT2D eigenvalue weighted by atomic mass is 79.9. The molecule has 0 atom stereocenters. The van der Waals surface area contributed by atoms with Crippen LogP contribution >= 0.6 is 15.9 Å². The minimum Gasteiger partial charge on any atom is -0.483 e. The molecule has 1 aliphatic rings. The first-order chi connectivity index (χ1) is 13.1. The minimum atomic E-state index is -0.354. The number of ether oxygens (including phenoxy) is 1. The van der Waals surface area contributed by atoms with Crippen LogP contribution in [0.5, 0.6) is 5.75 Å². The molecule has 0 radical (unpaired) electrons. The maximum Gasteiger partial charge on any atom is 0.260 e. The Labute approximate surface area is 164 Å². The van der Waals surface area contributed by atoms with Gasteiger partial charge in [-0.15, -0.1) is 0 Å². The topological polar surface area (TPSA) is 58.2 Å². The average molecular weight is 432 g/mol. The fourth-order valence-corrected chi connectivity index (χ4v) is 3.86. The van der Waals surface area contributed by atoms with Crippen molar-refractivity contribution in [2.75, 3.05) is 19.7 Å². The summed E-state index contributed by atoms with van der Waals surface area (Å²) in [7, 11) is 0. The number of aromatic amines is 1. The number of piperidine rings is 1. The quantitative estimate of drug-likeness (QED) is 0.671. The van der Waals surface area contributed by atoms with E-state index >= 15 is 0 Å². The fourth-order valence-electron chi connectivity index (χ4n) is 3.39. The Morgan fingerprint density at radius 2 is 2.04 bits per heavy atom. The van der Waals surface area contributed by atoms with Crippen LogP contribution < -0.4 is 4.74 Å². The first-order valence-corrected chi connectivity index (χ1v) is 9.70. The van der Waals surface area contributed by atoms with Crippen molar-refractivity contribution in [3.05, 3.63) is 58.6 Å². The molecule has 1 fully saturated rings. The van der Waals surface area contributed by atoms with Gasteiger partial charge in [0, 0.05) is 19.0 Å². The number of H-pyrrole nitrogens is 1. The van der Waals surface area contributed by atoms with Crippen LogP contribution in [0.2, 0.25) is 0 Å². The van der Waals surface area contributed by atoms with Crippen LogP contribution in [0, 0.1) is 5.82 Å². The molecule has 2 aromatic carbocycles. The summed E-state index contributed by atoms with van der Waals surface area (Å²) in [4.78, 5) is 22.3. The zero-order valence-electron chi connectivity index (χ0n) is 14.6. The number of rotatable bonds is 4. The number of carbonyl (C=O) groups excluding carboxylic acids is 1. The second-order valence-electron chi connectivity index (χ2n) is 6.66. The molecule has 0 aliphatic carbocycles. The van der Waals surface area contributed by atoms with Crippen LogP contribution in [0.4, 0.5) is 4.39 Å². The lowest BCUT2D eigenvalue weighted by atomic mass is 9.96. The highest BCUT2D eigenvalue weighted by Gasteiger charge is 2.26. The third kappa shape index (κ3) is 3.98. The fraction of sp³-hybridized carbons (Fsp3) is 0.300. The number of imidazole rings is 1. The van der Waals surface area contributed by atoms with E-state index in [0.717, 1.165) is 29.7 Å². The SMILES string of the molecule is O=C(COc1ccc(F)cc1Br)N1CCC(c2nc3ccccc3[nH]2)CC1. The molecule has 1 aromatic heterocycles. The van der Waals surface area contributed by atoms with Crippen LogP contribution in [-0.2, 0) is 4.79 Å². The molecular weight excluding hydrogens is 413 g/mol. The second kappa shape index (κ2) is 7.68. The smallest absolute Gasteiger partial charge is 0.260 e. The molecule has 27 heavy (non-hydrogen) atoms. The van der Waals surface area contributed by atoms with Crippen molar-refractivity contribution in [1.82, 2.24) is 14.9 Å². The molecule has 0 bridgehead atoms. The molecule has 0 spiro atoms. The molecule has 1 saturated heterocycles. The summed E-state index contributed by atoms with van der Waals surface area (Å²) >= 11 is 3.24. The standard InChI is InChI=1S/C20H19BrFN3O2/c21-15-11-14(22)5-6-18(15)27-12-19(26)25-9-7-13(8-10-25)20-23-16-3-1-2-4-17(16)24-20/h1-6,11,13H,7-10,12H2,(H,23,24). The van der Waals surface area contributed by atoms with Crippen LogP contribution in [0.25, 0.3) is 11.0 Å². The van der Waals surface area contributed by atoms with Gasteiger partial charge in [0.05, 0.1) is 15.5 Å². The summed E-state index contributed by atoms with van der Waals surface area (Å²) in [5, 5.41) is 0. The number of likely N-dealkylation sites (tertiary alicyclic amines) is 1. The molecule has 3 aromatic rings. The van der Waals surface area contributed by atoms with Gasteiger partial charge in [0.15, 0.2) is 6.61 Å². The highest BCUT2D eigenvalue weighted by molar-refractivity contribution is 9.10. The van der Waals surface area contributed by atoms with Crippen LogP contribution in [0.3, 0.4) is 0 Å². The van der Waals surface area contributed by atoms with Crippen molar-refractivity contribution < 1.29 is 13.9 Å². The number of carbonyl (C=O) groups is 1. The van der Waals surface area contributed by atoms with Gasteiger partial charge in [0.25, 0.3) is 5.91 Å². The second-order valence-corrected chi connectivity index (χ2v) is 7.51. The monoisotopic (exact) mass is 431 g/mol. The van der Waals surface area contributed by atoms with Gasteiger partial charge < -0.3 is 14.6 Å². The van der Waals surface area contributed by atoms with Gasteiger partial charge >= 0.3 is 0 Å². The van der Waals surface area contributed by atoms with E-state index in [1.807, 2.05) is 29.2 Å². The number of hydrogen-bond donors (Lipinski definition) is 1. The number of fused-ring (bicyclic) bond motifs is 1. The zero-order chi connectivity index (χ0) is 18.8. The molecule has 7 heteroatoms. The molecule has 0 unspecified atom stereocenters. The lowest BCUT2D eigenvalue weighted by Crippen LogP contribution is -2.40. The van der Waals surface area contributed by atoms with Crippen molar-refractivity contribution in [2.45, 2.75) is 18.8 Å². The molecule has 0 saturated carbocycles. The summed E-state index contributed by atoms with van der Waals surface area (Å²) in [5.41, 5.74) is 2.02. The Morgan fingerprint density at radius 1 is 1.26 bits per heavy atom. The molecule has 4 rings (SSSR count). The summed E-state index contributed by atoms with van der Waals surface area (Å²) in [6.45, 7) is 1.29. The van der Waals surface area contributed by atoms with E-state index in [0.29, 0.717) is 29.2 Å². The Balaban J connectivity index is 1.32. The Hall–Kier alpha value is -2.41. The predicted octanol–water partition coefficient (Wildman–Crippen LogP) is 4.25. The van der Waals surface area contributed by atoms with E-state index in [-0.39, 0.29) is 18.3 Å².